The molecule has 0 aliphatic heterocycles. The van der Waals surface area contributed by atoms with Gasteiger partial charge in [-0.3, -0.25) is 4.79 Å². The zero-order valence-electron chi connectivity index (χ0n) is 17.7. The number of carbonyl (C=O) groups is 2. The van der Waals surface area contributed by atoms with E-state index < -0.39 is 12.6 Å². The molecule has 0 spiro atoms. The van der Waals surface area contributed by atoms with Crippen LogP contribution in [0.3, 0.4) is 0 Å². The third-order valence-corrected chi connectivity index (χ3v) is 5.02. The first kappa shape index (κ1) is 21.1. The van der Waals surface area contributed by atoms with E-state index in [1.54, 1.807) is 6.20 Å². The minimum atomic E-state index is -0.806. The van der Waals surface area contributed by atoms with Crippen molar-refractivity contribution in [2.75, 3.05) is 6.61 Å². The first-order valence-corrected chi connectivity index (χ1v) is 9.86. The second-order valence-electron chi connectivity index (χ2n) is 7.75. The standard InChI is InChI=1S/C24H25N3O3/c1-15(2)13-27-16(3)9-18(17(27)4)10-19(11-25)24(29)30-14-23(28)21-12-26-22-8-6-5-7-20(21)22/h5-10,12,15,26H,13-14H2,1-4H3. The lowest BCUT2D eigenvalue weighted by atomic mass is 10.1. The van der Waals surface area contributed by atoms with Gasteiger partial charge in [-0.1, -0.05) is 32.0 Å². The molecule has 0 fully saturated rings. The molecule has 0 atom stereocenters. The highest BCUT2D eigenvalue weighted by molar-refractivity contribution is 6.09. The van der Waals surface area contributed by atoms with Gasteiger partial charge in [0, 0.05) is 40.6 Å². The van der Waals surface area contributed by atoms with Crippen LogP contribution in [0.25, 0.3) is 17.0 Å². The summed E-state index contributed by atoms with van der Waals surface area (Å²) in [6, 6.07) is 11.2. The van der Waals surface area contributed by atoms with E-state index in [9.17, 15) is 14.9 Å². The van der Waals surface area contributed by atoms with Gasteiger partial charge in [0.25, 0.3) is 0 Å². The molecule has 6 nitrogen and oxygen atoms in total. The van der Waals surface area contributed by atoms with Crippen molar-refractivity contribution in [2.45, 2.75) is 34.2 Å². The van der Waals surface area contributed by atoms with Crippen molar-refractivity contribution >= 4 is 28.7 Å². The van der Waals surface area contributed by atoms with E-state index in [4.69, 9.17) is 4.74 Å². The highest BCUT2D eigenvalue weighted by atomic mass is 16.5. The zero-order chi connectivity index (χ0) is 21.8. The largest absolute Gasteiger partial charge is 0.453 e. The third kappa shape index (κ3) is 4.36. The van der Waals surface area contributed by atoms with Gasteiger partial charge >= 0.3 is 5.97 Å². The molecule has 0 bridgehead atoms. The molecule has 1 aromatic carbocycles. The Kier molecular flexibility index (Phi) is 6.22. The lowest BCUT2D eigenvalue weighted by Gasteiger charge is -2.12. The molecule has 6 heteroatoms. The molecule has 154 valence electrons. The summed E-state index contributed by atoms with van der Waals surface area (Å²) < 4.78 is 7.31. The Morgan fingerprint density at radius 3 is 2.70 bits per heavy atom. The molecule has 3 rings (SSSR count). The maximum atomic E-state index is 12.5. The summed E-state index contributed by atoms with van der Waals surface area (Å²) in [6.07, 6.45) is 3.13. The molecular formula is C24H25N3O3. The maximum Gasteiger partial charge on any atom is 0.349 e. The number of aromatic nitrogens is 2. The molecule has 30 heavy (non-hydrogen) atoms. The van der Waals surface area contributed by atoms with Crippen LogP contribution in [0.15, 0.2) is 42.1 Å². The van der Waals surface area contributed by atoms with E-state index in [2.05, 4.69) is 23.4 Å². The minimum Gasteiger partial charge on any atom is -0.453 e. The van der Waals surface area contributed by atoms with Crippen LogP contribution >= 0.6 is 0 Å². The summed E-state index contributed by atoms with van der Waals surface area (Å²) in [7, 11) is 0. The fourth-order valence-electron chi connectivity index (χ4n) is 3.50. The van der Waals surface area contributed by atoms with Gasteiger partial charge in [0.2, 0.25) is 5.78 Å². The number of nitriles is 1. The van der Waals surface area contributed by atoms with Crippen LogP contribution in [0.4, 0.5) is 0 Å². The van der Waals surface area contributed by atoms with Crippen molar-refractivity contribution in [1.82, 2.24) is 9.55 Å². The molecule has 0 unspecified atom stereocenters. The number of para-hydroxylation sites is 1. The molecule has 0 aliphatic rings. The van der Waals surface area contributed by atoms with Crippen LogP contribution in [0.5, 0.6) is 0 Å². The number of aryl methyl sites for hydroxylation is 1. The predicted octanol–water partition coefficient (Wildman–Crippen LogP) is 4.58. The van der Waals surface area contributed by atoms with E-state index in [1.807, 2.05) is 50.2 Å². The molecule has 0 aliphatic carbocycles. The molecule has 0 radical (unpaired) electrons. The van der Waals surface area contributed by atoms with Crippen LogP contribution in [0, 0.1) is 31.1 Å². The summed E-state index contributed by atoms with van der Waals surface area (Å²) in [5.41, 5.74) is 4.00. The van der Waals surface area contributed by atoms with E-state index in [0.717, 1.165) is 34.4 Å². The maximum absolute atomic E-state index is 12.5. The van der Waals surface area contributed by atoms with Crippen molar-refractivity contribution in [1.29, 1.82) is 5.26 Å². The zero-order valence-corrected chi connectivity index (χ0v) is 17.7. The first-order valence-electron chi connectivity index (χ1n) is 9.86. The Bertz CT molecular complexity index is 1170. The lowest BCUT2D eigenvalue weighted by molar-refractivity contribution is -0.137. The number of carbonyl (C=O) groups excluding carboxylic acids is 2. The first-order chi connectivity index (χ1) is 14.3. The van der Waals surface area contributed by atoms with E-state index in [1.165, 1.54) is 6.08 Å². The number of benzene rings is 1. The smallest absolute Gasteiger partial charge is 0.349 e. The molecule has 1 N–H and O–H groups in total. The summed E-state index contributed by atoms with van der Waals surface area (Å²) in [4.78, 5) is 27.9. The number of hydrogen-bond acceptors (Lipinski definition) is 4. The third-order valence-electron chi connectivity index (χ3n) is 5.02. The number of ketones is 1. The van der Waals surface area contributed by atoms with Crippen LogP contribution in [0.1, 0.15) is 41.2 Å². The van der Waals surface area contributed by atoms with Crippen molar-refractivity contribution in [3.63, 3.8) is 0 Å². The summed E-state index contributed by atoms with van der Waals surface area (Å²) in [5, 5.41) is 10.2. The van der Waals surface area contributed by atoms with Gasteiger partial charge in [-0.15, -0.1) is 0 Å². The van der Waals surface area contributed by atoms with Gasteiger partial charge in [-0.2, -0.15) is 5.26 Å². The Morgan fingerprint density at radius 1 is 1.27 bits per heavy atom. The summed E-state index contributed by atoms with van der Waals surface area (Å²) in [5.74, 6) is -0.657. The topological polar surface area (TPSA) is 87.9 Å². The second-order valence-corrected chi connectivity index (χ2v) is 7.75. The van der Waals surface area contributed by atoms with Gasteiger partial charge in [-0.25, -0.2) is 4.79 Å². The van der Waals surface area contributed by atoms with Crippen LogP contribution in [0.2, 0.25) is 0 Å². The SMILES string of the molecule is Cc1cc(C=C(C#N)C(=O)OCC(=O)c2c[nH]c3ccccc23)c(C)n1CC(C)C. The number of nitrogens with zero attached hydrogens (tertiary/aromatic N) is 2. The van der Waals surface area contributed by atoms with Gasteiger partial charge in [0.15, 0.2) is 6.61 Å². The number of rotatable bonds is 7. The normalized spacial score (nSPS) is 11.7. The number of Topliss-reactive ketones (excluding diaryl/α,β-unsaturated/α-hetero) is 1. The molecular weight excluding hydrogens is 378 g/mol. The molecule has 0 saturated carbocycles. The van der Waals surface area contributed by atoms with Gasteiger partial charge in [-0.05, 0) is 43.5 Å². The Morgan fingerprint density at radius 2 is 2.00 bits per heavy atom. The van der Waals surface area contributed by atoms with Gasteiger partial charge in [0.1, 0.15) is 11.6 Å². The lowest BCUT2D eigenvalue weighted by Crippen LogP contribution is -2.15. The Balaban J connectivity index is 1.74. The molecule has 0 saturated heterocycles. The molecule has 0 amide bonds. The number of esters is 1. The Hall–Kier alpha value is -3.59. The van der Waals surface area contributed by atoms with Crippen LogP contribution < -0.4 is 0 Å². The van der Waals surface area contributed by atoms with E-state index >= 15 is 0 Å². The number of fused-ring (bicyclic) bond motifs is 1. The molecule has 2 heterocycles. The minimum absolute atomic E-state index is 0.133. The van der Waals surface area contributed by atoms with E-state index in [-0.39, 0.29) is 11.4 Å². The molecule has 2 aromatic heterocycles. The van der Waals surface area contributed by atoms with Crippen molar-refractivity contribution in [3.05, 3.63) is 64.6 Å². The summed E-state index contributed by atoms with van der Waals surface area (Å²) >= 11 is 0. The quantitative estimate of drug-likeness (QED) is 0.271. The van der Waals surface area contributed by atoms with Gasteiger partial charge in [0.05, 0.1) is 0 Å². The Labute approximate surface area is 175 Å². The highest BCUT2D eigenvalue weighted by Gasteiger charge is 2.18. The van der Waals surface area contributed by atoms with Crippen LogP contribution in [-0.4, -0.2) is 27.9 Å². The number of hydrogen-bond donors (Lipinski definition) is 1. The number of aromatic amines is 1. The monoisotopic (exact) mass is 403 g/mol. The average molecular weight is 403 g/mol. The number of H-pyrrole nitrogens is 1. The van der Waals surface area contributed by atoms with E-state index in [0.29, 0.717) is 11.5 Å². The predicted molar refractivity (Wildman–Crippen MR) is 116 cm³/mol. The van der Waals surface area contributed by atoms with Crippen molar-refractivity contribution < 1.29 is 14.3 Å². The summed E-state index contributed by atoms with van der Waals surface area (Å²) in [6.45, 7) is 8.66. The molecule has 3 aromatic rings. The fraction of sp³-hybridized carbons (Fsp3) is 0.292. The highest BCUT2D eigenvalue weighted by Crippen LogP contribution is 2.21. The van der Waals surface area contributed by atoms with Gasteiger partial charge < -0.3 is 14.3 Å². The van der Waals surface area contributed by atoms with Crippen LogP contribution in [-0.2, 0) is 16.1 Å². The van der Waals surface area contributed by atoms with Crippen molar-refractivity contribution in [2.24, 2.45) is 5.92 Å². The average Bonchev–Trinajstić information content (AvgIpc) is 3.26. The second kappa shape index (κ2) is 8.83. The van der Waals surface area contributed by atoms with Crippen molar-refractivity contribution in [3.8, 4) is 6.07 Å². The number of nitrogens with one attached hydrogen (secondary N) is 1. The number of ether oxygens (including phenoxy) is 1. The fourth-order valence-corrected chi connectivity index (χ4v) is 3.50.